The second-order valence-corrected chi connectivity index (χ2v) is 2.98. The molecule has 0 aromatic carbocycles. The Morgan fingerprint density at radius 1 is 1.54 bits per heavy atom. The average molecular weight is 183 g/mol. The summed E-state index contributed by atoms with van der Waals surface area (Å²) in [4.78, 5) is 7.75. The van der Waals surface area contributed by atoms with E-state index in [-0.39, 0.29) is 0 Å². The van der Waals surface area contributed by atoms with E-state index in [1.165, 1.54) is 6.33 Å². The van der Waals surface area contributed by atoms with E-state index in [0.29, 0.717) is 17.6 Å². The van der Waals surface area contributed by atoms with Crippen LogP contribution in [-0.4, -0.2) is 16.0 Å². The van der Waals surface area contributed by atoms with Gasteiger partial charge in [-0.05, 0) is 13.3 Å². The van der Waals surface area contributed by atoms with Gasteiger partial charge in [0, 0.05) is 12.1 Å². The first-order valence-electron chi connectivity index (χ1n) is 4.39. The van der Waals surface area contributed by atoms with Gasteiger partial charge >= 0.3 is 0 Å². The summed E-state index contributed by atoms with van der Waals surface area (Å²) in [6.45, 7) is 3.59. The molecule has 0 saturated carbocycles. The van der Waals surface area contributed by atoms with Crippen molar-refractivity contribution < 1.29 is 4.39 Å². The highest BCUT2D eigenvalue weighted by Gasteiger charge is 2.01. The Labute approximate surface area is 77.4 Å². The zero-order valence-electron chi connectivity index (χ0n) is 7.92. The number of hydrogen-bond donors (Lipinski definition) is 1. The molecule has 0 bridgehead atoms. The summed E-state index contributed by atoms with van der Waals surface area (Å²) in [6, 6.07) is 1.98. The maximum Gasteiger partial charge on any atom is 0.132 e. The molecule has 0 spiro atoms. The number of nitrogens with one attached hydrogen (secondary N) is 1. The molecule has 1 unspecified atom stereocenters. The van der Waals surface area contributed by atoms with Crippen LogP contribution < -0.4 is 5.32 Å². The minimum atomic E-state index is -0.544. The maximum atomic E-state index is 12.2. The van der Waals surface area contributed by atoms with Gasteiger partial charge in [-0.15, -0.1) is 0 Å². The molecule has 0 aliphatic heterocycles. The van der Waals surface area contributed by atoms with Gasteiger partial charge < -0.3 is 5.32 Å². The minimum absolute atomic E-state index is 0.349. The number of rotatable bonds is 4. The van der Waals surface area contributed by atoms with Gasteiger partial charge in [0.1, 0.15) is 18.8 Å². The van der Waals surface area contributed by atoms with Crippen molar-refractivity contribution in [3.8, 4) is 0 Å². The first-order valence-corrected chi connectivity index (χ1v) is 4.39. The maximum absolute atomic E-state index is 12.2. The molecule has 72 valence electrons. The number of nitrogens with zero attached hydrogens (tertiary/aromatic N) is 2. The number of alkyl halides is 1. The van der Waals surface area contributed by atoms with Crippen LogP contribution in [0.4, 0.5) is 10.2 Å². The summed E-state index contributed by atoms with van der Waals surface area (Å²) < 4.78 is 12.2. The molecule has 0 aliphatic carbocycles. The van der Waals surface area contributed by atoms with Crippen molar-refractivity contribution in [1.82, 2.24) is 9.97 Å². The normalized spacial score (nSPS) is 12.5. The standard InChI is InChI=1S/C9H14FN3/c1-3-7(2)13-9-4-8(5-10)11-6-12-9/h4,6-7H,3,5H2,1-2H3,(H,11,12,13). The predicted molar refractivity (Wildman–Crippen MR) is 50.2 cm³/mol. The van der Waals surface area contributed by atoms with Crippen LogP contribution >= 0.6 is 0 Å². The van der Waals surface area contributed by atoms with Crippen molar-refractivity contribution in [2.75, 3.05) is 5.32 Å². The van der Waals surface area contributed by atoms with E-state index in [1.54, 1.807) is 6.07 Å². The smallest absolute Gasteiger partial charge is 0.132 e. The zero-order chi connectivity index (χ0) is 9.68. The highest BCUT2D eigenvalue weighted by atomic mass is 19.1. The van der Waals surface area contributed by atoms with E-state index < -0.39 is 6.67 Å². The third-order valence-electron chi connectivity index (χ3n) is 1.87. The lowest BCUT2D eigenvalue weighted by atomic mass is 10.2. The molecule has 0 saturated heterocycles. The van der Waals surface area contributed by atoms with E-state index in [0.717, 1.165) is 6.42 Å². The third kappa shape index (κ3) is 2.97. The predicted octanol–water partition coefficient (Wildman–Crippen LogP) is 2.16. The molecule has 1 aromatic heterocycles. The lowest BCUT2D eigenvalue weighted by Gasteiger charge is -2.11. The van der Waals surface area contributed by atoms with Gasteiger partial charge in [0.2, 0.25) is 0 Å². The van der Waals surface area contributed by atoms with Crippen LogP contribution in [0.1, 0.15) is 26.0 Å². The van der Waals surface area contributed by atoms with Gasteiger partial charge in [-0.3, -0.25) is 0 Å². The molecule has 0 radical (unpaired) electrons. The highest BCUT2D eigenvalue weighted by molar-refractivity contribution is 5.35. The fourth-order valence-electron chi connectivity index (χ4n) is 0.904. The van der Waals surface area contributed by atoms with Crippen molar-refractivity contribution in [1.29, 1.82) is 0 Å². The van der Waals surface area contributed by atoms with Crippen LogP contribution in [0.5, 0.6) is 0 Å². The molecule has 1 atom stereocenters. The Bertz CT molecular complexity index is 265. The van der Waals surface area contributed by atoms with E-state index in [2.05, 4.69) is 29.1 Å². The van der Waals surface area contributed by atoms with Gasteiger partial charge in [0.05, 0.1) is 5.69 Å². The number of aromatic nitrogens is 2. The second-order valence-electron chi connectivity index (χ2n) is 2.98. The van der Waals surface area contributed by atoms with Crippen LogP contribution in [0.25, 0.3) is 0 Å². The summed E-state index contributed by atoms with van der Waals surface area (Å²) in [5.41, 5.74) is 0.417. The molecule has 1 rings (SSSR count). The molecule has 4 heteroatoms. The molecule has 1 aromatic rings. The fourth-order valence-corrected chi connectivity index (χ4v) is 0.904. The van der Waals surface area contributed by atoms with Crippen molar-refractivity contribution in [2.45, 2.75) is 33.0 Å². The number of anilines is 1. The molecule has 0 fully saturated rings. The third-order valence-corrected chi connectivity index (χ3v) is 1.87. The summed E-state index contributed by atoms with van der Waals surface area (Å²) in [7, 11) is 0. The second kappa shape index (κ2) is 4.74. The van der Waals surface area contributed by atoms with Crippen molar-refractivity contribution >= 4 is 5.82 Å². The van der Waals surface area contributed by atoms with Crippen LogP contribution in [0.3, 0.4) is 0 Å². The first-order chi connectivity index (χ1) is 6.26. The van der Waals surface area contributed by atoms with E-state index in [9.17, 15) is 4.39 Å². The highest BCUT2D eigenvalue weighted by Crippen LogP contribution is 2.07. The molecule has 1 heterocycles. The van der Waals surface area contributed by atoms with Crippen LogP contribution in [0, 0.1) is 0 Å². The van der Waals surface area contributed by atoms with Gasteiger partial charge in [-0.1, -0.05) is 6.92 Å². The molecule has 0 amide bonds. The van der Waals surface area contributed by atoms with Gasteiger partial charge in [-0.2, -0.15) is 0 Å². The van der Waals surface area contributed by atoms with Gasteiger partial charge in [-0.25, -0.2) is 14.4 Å². The Balaban J connectivity index is 2.66. The van der Waals surface area contributed by atoms with Crippen LogP contribution in [0.2, 0.25) is 0 Å². The Hall–Kier alpha value is -1.19. The SMILES string of the molecule is CCC(C)Nc1cc(CF)ncn1. The Kier molecular flexibility index (Phi) is 3.61. The number of hydrogen-bond acceptors (Lipinski definition) is 3. The Morgan fingerprint density at radius 3 is 2.92 bits per heavy atom. The molecular formula is C9H14FN3. The quantitative estimate of drug-likeness (QED) is 0.777. The molecular weight excluding hydrogens is 169 g/mol. The molecule has 13 heavy (non-hydrogen) atoms. The monoisotopic (exact) mass is 183 g/mol. The summed E-state index contributed by atoms with van der Waals surface area (Å²) in [5, 5.41) is 3.15. The lowest BCUT2D eigenvalue weighted by molar-refractivity contribution is 0.475. The topological polar surface area (TPSA) is 37.8 Å². The van der Waals surface area contributed by atoms with Crippen molar-refractivity contribution in [3.05, 3.63) is 18.1 Å². The molecule has 3 nitrogen and oxygen atoms in total. The van der Waals surface area contributed by atoms with Gasteiger partial charge in [0.15, 0.2) is 0 Å². The average Bonchev–Trinajstić information content (AvgIpc) is 2.18. The van der Waals surface area contributed by atoms with Crippen molar-refractivity contribution in [2.24, 2.45) is 0 Å². The van der Waals surface area contributed by atoms with E-state index in [1.807, 2.05) is 0 Å². The van der Waals surface area contributed by atoms with E-state index in [4.69, 9.17) is 0 Å². The van der Waals surface area contributed by atoms with Crippen LogP contribution in [-0.2, 0) is 6.67 Å². The fraction of sp³-hybridized carbons (Fsp3) is 0.556. The minimum Gasteiger partial charge on any atom is -0.368 e. The molecule has 1 N–H and O–H groups in total. The van der Waals surface area contributed by atoms with E-state index >= 15 is 0 Å². The van der Waals surface area contributed by atoms with Crippen LogP contribution in [0.15, 0.2) is 12.4 Å². The Morgan fingerprint density at radius 2 is 2.31 bits per heavy atom. The summed E-state index contributed by atoms with van der Waals surface area (Å²) in [6.07, 6.45) is 2.38. The molecule has 0 aliphatic rings. The zero-order valence-corrected chi connectivity index (χ0v) is 7.92. The largest absolute Gasteiger partial charge is 0.368 e. The first kappa shape index (κ1) is 9.89. The lowest BCUT2D eigenvalue weighted by Crippen LogP contribution is -2.14. The summed E-state index contributed by atoms with van der Waals surface area (Å²) in [5.74, 6) is 0.692. The summed E-state index contributed by atoms with van der Waals surface area (Å²) >= 11 is 0. The van der Waals surface area contributed by atoms with Crippen molar-refractivity contribution in [3.63, 3.8) is 0 Å². The number of halogens is 1. The van der Waals surface area contributed by atoms with Gasteiger partial charge in [0.25, 0.3) is 0 Å².